The number of rotatable bonds is 1. The Labute approximate surface area is 109 Å². The predicted molar refractivity (Wildman–Crippen MR) is 69.4 cm³/mol. The minimum absolute atomic E-state index is 0.319. The number of fused-ring (bicyclic) bond motifs is 1. The van der Waals surface area contributed by atoms with Crippen molar-refractivity contribution in [3.63, 3.8) is 0 Å². The van der Waals surface area contributed by atoms with Gasteiger partial charge in [-0.05, 0) is 18.8 Å². The van der Waals surface area contributed by atoms with E-state index in [9.17, 15) is 0 Å². The van der Waals surface area contributed by atoms with E-state index in [-0.39, 0.29) is 0 Å². The van der Waals surface area contributed by atoms with Gasteiger partial charge in [0, 0.05) is 50.6 Å². The van der Waals surface area contributed by atoms with Gasteiger partial charge in [0.15, 0.2) is 0 Å². The summed E-state index contributed by atoms with van der Waals surface area (Å²) in [6, 6.07) is 0. The molecule has 3 heteroatoms. The van der Waals surface area contributed by atoms with Gasteiger partial charge in [-0.25, -0.2) is 0 Å². The first-order valence-corrected chi connectivity index (χ1v) is 7.91. The fraction of sp³-hybridized carbons (Fsp3) is 1.00. The number of ether oxygens (including phenoxy) is 1. The number of epoxide rings is 1. The van der Waals surface area contributed by atoms with E-state index in [2.05, 4.69) is 9.80 Å². The predicted octanol–water partition coefficient (Wildman–Crippen LogP) is 1.19. The summed E-state index contributed by atoms with van der Waals surface area (Å²) in [5.74, 6) is 1.76. The summed E-state index contributed by atoms with van der Waals surface area (Å²) >= 11 is 0. The van der Waals surface area contributed by atoms with Gasteiger partial charge in [0.1, 0.15) is 5.60 Å². The van der Waals surface area contributed by atoms with Gasteiger partial charge in [-0.2, -0.15) is 0 Å². The highest BCUT2D eigenvalue weighted by Crippen LogP contribution is 2.62. The van der Waals surface area contributed by atoms with Gasteiger partial charge in [-0.1, -0.05) is 12.8 Å². The second kappa shape index (κ2) is 3.31. The lowest BCUT2D eigenvalue weighted by Gasteiger charge is -2.57. The van der Waals surface area contributed by atoms with Crippen molar-refractivity contribution in [2.24, 2.45) is 17.3 Å². The molecular formula is C15H24N2O. The van der Waals surface area contributed by atoms with Gasteiger partial charge in [0.05, 0.1) is 6.61 Å². The summed E-state index contributed by atoms with van der Waals surface area (Å²) in [4.78, 5) is 5.53. The monoisotopic (exact) mass is 248 g/mol. The average molecular weight is 248 g/mol. The van der Waals surface area contributed by atoms with Crippen LogP contribution < -0.4 is 0 Å². The molecule has 3 atom stereocenters. The van der Waals surface area contributed by atoms with Gasteiger partial charge >= 0.3 is 0 Å². The maximum absolute atomic E-state index is 6.19. The molecule has 0 amide bonds. The van der Waals surface area contributed by atoms with Crippen LogP contribution >= 0.6 is 0 Å². The zero-order valence-corrected chi connectivity index (χ0v) is 11.2. The topological polar surface area (TPSA) is 19.0 Å². The molecule has 0 radical (unpaired) electrons. The van der Waals surface area contributed by atoms with Gasteiger partial charge in [-0.3, -0.25) is 0 Å². The van der Waals surface area contributed by atoms with E-state index >= 15 is 0 Å². The van der Waals surface area contributed by atoms with E-state index in [1.807, 2.05) is 0 Å². The smallest absolute Gasteiger partial charge is 0.105 e. The van der Waals surface area contributed by atoms with E-state index in [0.717, 1.165) is 18.4 Å². The fourth-order valence-corrected chi connectivity index (χ4v) is 5.93. The molecular weight excluding hydrogens is 224 g/mol. The molecule has 0 aromatic rings. The van der Waals surface area contributed by atoms with E-state index < -0.39 is 0 Å². The van der Waals surface area contributed by atoms with Crippen molar-refractivity contribution in [1.82, 2.24) is 9.80 Å². The maximum atomic E-state index is 6.19. The molecule has 0 aromatic carbocycles. The molecule has 6 fully saturated rings. The minimum atomic E-state index is 0.319. The molecule has 5 heterocycles. The zero-order chi connectivity index (χ0) is 11.8. The molecule has 18 heavy (non-hydrogen) atoms. The van der Waals surface area contributed by atoms with Crippen molar-refractivity contribution in [2.45, 2.75) is 31.3 Å². The standard InChI is InChI=1S/C15H24N2O/c1-2-4-12(3-1)14-9-16-5-6-17(10-14)8-13(7-16)15(14)11-18-15/h12-13H,1-11H2. The Balaban J connectivity index is 1.62. The lowest BCUT2D eigenvalue weighted by atomic mass is 9.57. The number of hydrogen-bond donors (Lipinski definition) is 0. The Bertz CT molecular complexity index is 357. The molecule has 6 rings (SSSR count). The third kappa shape index (κ3) is 1.13. The Morgan fingerprint density at radius 3 is 2.06 bits per heavy atom. The van der Waals surface area contributed by atoms with E-state index in [1.165, 1.54) is 65.0 Å². The largest absolute Gasteiger partial charge is 0.368 e. The van der Waals surface area contributed by atoms with Crippen molar-refractivity contribution < 1.29 is 4.74 Å². The lowest BCUT2D eigenvalue weighted by molar-refractivity contribution is -0.110. The van der Waals surface area contributed by atoms with E-state index in [4.69, 9.17) is 4.74 Å². The van der Waals surface area contributed by atoms with Crippen molar-refractivity contribution in [1.29, 1.82) is 0 Å². The summed E-state index contributed by atoms with van der Waals surface area (Å²) in [6.45, 7) is 8.99. The van der Waals surface area contributed by atoms with Crippen LogP contribution in [-0.4, -0.2) is 61.3 Å². The summed E-state index contributed by atoms with van der Waals surface area (Å²) in [5.41, 5.74) is 0.820. The Morgan fingerprint density at radius 2 is 1.50 bits per heavy atom. The normalized spacial score (nSPS) is 58.3. The van der Waals surface area contributed by atoms with Crippen LogP contribution in [0.5, 0.6) is 0 Å². The molecule has 1 aliphatic carbocycles. The van der Waals surface area contributed by atoms with E-state index in [0.29, 0.717) is 11.0 Å². The first-order chi connectivity index (χ1) is 8.82. The van der Waals surface area contributed by atoms with Gasteiger partial charge < -0.3 is 14.5 Å². The molecule has 100 valence electrons. The van der Waals surface area contributed by atoms with E-state index in [1.54, 1.807) is 0 Å². The minimum Gasteiger partial charge on any atom is -0.368 e. The second-order valence-electron chi connectivity index (χ2n) is 7.48. The quantitative estimate of drug-likeness (QED) is 0.650. The summed E-state index contributed by atoms with van der Waals surface area (Å²) in [6.07, 6.45) is 5.87. The molecule has 1 saturated carbocycles. The third-order valence-corrected chi connectivity index (χ3v) is 6.80. The van der Waals surface area contributed by atoms with Crippen LogP contribution in [0, 0.1) is 17.3 Å². The molecule has 3 unspecified atom stereocenters. The highest BCUT2D eigenvalue weighted by Gasteiger charge is 2.72. The van der Waals surface area contributed by atoms with Crippen LogP contribution in [0.15, 0.2) is 0 Å². The van der Waals surface area contributed by atoms with Crippen LogP contribution in [0.4, 0.5) is 0 Å². The van der Waals surface area contributed by atoms with Gasteiger partial charge in [-0.15, -0.1) is 0 Å². The number of hydrogen-bond acceptors (Lipinski definition) is 3. The van der Waals surface area contributed by atoms with Crippen LogP contribution in [0.2, 0.25) is 0 Å². The maximum Gasteiger partial charge on any atom is 0.105 e. The average Bonchev–Trinajstić information content (AvgIpc) is 3.00. The fourth-order valence-electron chi connectivity index (χ4n) is 5.93. The first-order valence-electron chi connectivity index (χ1n) is 7.91. The first kappa shape index (κ1) is 10.6. The summed E-state index contributed by atoms with van der Waals surface area (Å²) in [5, 5.41) is 0. The van der Waals surface area contributed by atoms with Crippen LogP contribution in [-0.2, 0) is 4.74 Å². The van der Waals surface area contributed by atoms with Gasteiger partial charge in [0.2, 0.25) is 0 Å². The SMILES string of the molecule is C1CCC(C23CN4CCN(CC(C4)C24CO4)C3)C1. The van der Waals surface area contributed by atoms with Crippen molar-refractivity contribution in [3.8, 4) is 0 Å². The second-order valence-corrected chi connectivity index (χ2v) is 7.48. The molecule has 5 aliphatic heterocycles. The third-order valence-electron chi connectivity index (χ3n) is 6.80. The Morgan fingerprint density at radius 1 is 0.889 bits per heavy atom. The molecule has 0 N–H and O–H groups in total. The number of piperidine rings is 2. The Hall–Kier alpha value is -0.120. The lowest BCUT2D eigenvalue weighted by Crippen LogP contribution is -2.68. The van der Waals surface area contributed by atoms with Crippen molar-refractivity contribution in [3.05, 3.63) is 0 Å². The zero-order valence-electron chi connectivity index (χ0n) is 11.2. The summed E-state index contributed by atoms with van der Waals surface area (Å²) in [7, 11) is 0. The highest BCUT2D eigenvalue weighted by molar-refractivity contribution is 5.22. The molecule has 6 aliphatic rings. The van der Waals surface area contributed by atoms with Gasteiger partial charge in [0.25, 0.3) is 0 Å². The molecule has 5 saturated heterocycles. The summed E-state index contributed by atoms with van der Waals surface area (Å²) < 4.78 is 6.19. The van der Waals surface area contributed by atoms with Crippen molar-refractivity contribution >= 4 is 0 Å². The van der Waals surface area contributed by atoms with Crippen LogP contribution in [0.3, 0.4) is 0 Å². The molecule has 4 bridgehead atoms. The molecule has 1 spiro atoms. The van der Waals surface area contributed by atoms with Crippen molar-refractivity contribution in [2.75, 3.05) is 45.9 Å². The van der Waals surface area contributed by atoms with Crippen LogP contribution in [0.1, 0.15) is 25.7 Å². The number of nitrogens with zero attached hydrogens (tertiary/aromatic N) is 2. The highest BCUT2D eigenvalue weighted by atomic mass is 16.6. The van der Waals surface area contributed by atoms with Crippen LogP contribution in [0.25, 0.3) is 0 Å². The Kier molecular flexibility index (Phi) is 1.95. The molecule has 3 nitrogen and oxygen atoms in total. The molecule has 0 aromatic heterocycles.